The zero-order chi connectivity index (χ0) is 19.4. The van der Waals surface area contributed by atoms with Gasteiger partial charge in [0.05, 0.1) is 6.61 Å². The first kappa shape index (κ1) is 22.4. The minimum absolute atomic E-state index is 0.0327. The van der Waals surface area contributed by atoms with Gasteiger partial charge in [0.1, 0.15) is 13.2 Å². The van der Waals surface area contributed by atoms with Crippen molar-refractivity contribution in [3.05, 3.63) is 35.4 Å². The number of benzene rings is 1. The third-order valence-corrected chi connectivity index (χ3v) is 3.87. The van der Waals surface area contributed by atoms with Crippen molar-refractivity contribution in [3.8, 4) is 11.8 Å². The molecule has 0 saturated carbocycles. The average molecular weight is 360 g/mol. The van der Waals surface area contributed by atoms with Crippen molar-refractivity contribution in [2.75, 3.05) is 26.4 Å². The molecule has 4 heteroatoms. The highest BCUT2D eigenvalue weighted by Gasteiger charge is 2.06. The number of nitrogens with one attached hydrogen (secondary N) is 1. The molecular weight excluding hydrogens is 326 g/mol. The van der Waals surface area contributed by atoms with Gasteiger partial charge in [-0.2, -0.15) is 0 Å². The van der Waals surface area contributed by atoms with E-state index in [0.29, 0.717) is 31.9 Å². The van der Waals surface area contributed by atoms with Crippen LogP contribution in [-0.4, -0.2) is 38.3 Å². The molecule has 1 atom stereocenters. The van der Waals surface area contributed by atoms with Crippen LogP contribution >= 0.6 is 0 Å². The maximum absolute atomic E-state index is 11.4. The summed E-state index contributed by atoms with van der Waals surface area (Å²) in [7, 11) is 0. The summed E-state index contributed by atoms with van der Waals surface area (Å²) in [5, 5.41) is 3.49. The van der Waals surface area contributed by atoms with Crippen molar-refractivity contribution in [2.24, 2.45) is 5.92 Å². The van der Waals surface area contributed by atoms with E-state index in [1.54, 1.807) is 0 Å². The summed E-state index contributed by atoms with van der Waals surface area (Å²) in [6.07, 6.45) is 0.766. The van der Waals surface area contributed by atoms with Gasteiger partial charge in [0.2, 0.25) is 0 Å². The molecule has 0 heterocycles. The molecular formula is C22H33NO3. The normalized spacial score (nSPS) is 12.1. The van der Waals surface area contributed by atoms with Crippen molar-refractivity contribution >= 4 is 5.78 Å². The topological polar surface area (TPSA) is 47.6 Å². The Bertz CT molecular complexity index is 582. The fourth-order valence-electron chi connectivity index (χ4n) is 2.32. The third-order valence-electron chi connectivity index (χ3n) is 3.87. The molecule has 0 aliphatic heterocycles. The minimum Gasteiger partial charge on any atom is -0.374 e. The van der Waals surface area contributed by atoms with Gasteiger partial charge in [0.15, 0.2) is 5.78 Å². The van der Waals surface area contributed by atoms with Gasteiger partial charge in [0, 0.05) is 30.2 Å². The number of Topliss-reactive ketones (excluding diaryl/α,β-unsaturated/α-hetero) is 1. The van der Waals surface area contributed by atoms with E-state index in [2.05, 4.69) is 50.1 Å². The molecule has 0 aliphatic carbocycles. The zero-order valence-corrected chi connectivity index (χ0v) is 16.8. The van der Waals surface area contributed by atoms with Crippen LogP contribution in [0.2, 0.25) is 0 Å². The average Bonchev–Trinajstić information content (AvgIpc) is 2.59. The lowest BCUT2D eigenvalue weighted by molar-refractivity contribution is -0.126. The molecule has 0 radical (unpaired) electrons. The number of ether oxygens (including phenoxy) is 2. The number of carbonyl (C=O) groups excluding carboxylic acids is 1. The van der Waals surface area contributed by atoms with Crippen LogP contribution in [0.25, 0.3) is 0 Å². The second-order valence-corrected chi connectivity index (χ2v) is 7.05. The minimum atomic E-state index is 0.0327. The molecule has 0 amide bonds. The highest BCUT2D eigenvalue weighted by Crippen LogP contribution is 2.13. The monoisotopic (exact) mass is 359 g/mol. The molecule has 4 nitrogen and oxygen atoms in total. The van der Waals surface area contributed by atoms with E-state index in [1.807, 2.05) is 26.0 Å². The Hall–Kier alpha value is -1.67. The Labute approximate surface area is 158 Å². The fraction of sp³-hybridized carbons (Fsp3) is 0.591. The van der Waals surface area contributed by atoms with E-state index in [1.165, 1.54) is 5.56 Å². The predicted octanol–water partition coefficient (Wildman–Crippen LogP) is 3.75. The van der Waals surface area contributed by atoms with Crippen molar-refractivity contribution in [1.82, 2.24) is 5.32 Å². The highest BCUT2D eigenvalue weighted by atomic mass is 16.5. The highest BCUT2D eigenvalue weighted by molar-refractivity contribution is 5.81. The van der Waals surface area contributed by atoms with E-state index in [4.69, 9.17) is 9.47 Å². The molecule has 1 rings (SSSR count). The molecule has 1 aromatic rings. The maximum Gasteiger partial charge on any atom is 0.160 e. The van der Waals surface area contributed by atoms with E-state index in [-0.39, 0.29) is 18.3 Å². The van der Waals surface area contributed by atoms with Crippen LogP contribution in [0, 0.1) is 17.8 Å². The standard InChI is InChI=1S/C22H33NO3/c1-17(2)22(24)16-26-15-7-14-25-13-6-8-20-9-11-21(12-10-20)19(5)23-18(3)4/h9-12,17-19,23H,7,13-16H2,1-5H3/t19-/m1/s1. The summed E-state index contributed by atoms with van der Waals surface area (Å²) in [6, 6.07) is 9.10. The molecule has 0 spiro atoms. The second-order valence-electron chi connectivity index (χ2n) is 7.05. The third kappa shape index (κ3) is 9.72. The van der Waals surface area contributed by atoms with E-state index in [9.17, 15) is 4.79 Å². The maximum atomic E-state index is 11.4. The molecule has 1 N–H and O–H groups in total. The first-order chi connectivity index (χ1) is 12.4. The van der Waals surface area contributed by atoms with Gasteiger partial charge in [-0.1, -0.05) is 51.7 Å². The van der Waals surface area contributed by atoms with Gasteiger partial charge >= 0.3 is 0 Å². The fourth-order valence-corrected chi connectivity index (χ4v) is 2.32. The smallest absolute Gasteiger partial charge is 0.160 e. The summed E-state index contributed by atoms with van der Waals surface area (Å²) < 4.78 is 10.8. The lowest BCUT2D eigenvalue weighted by Crippen LogP contribution is -2.25. The largest absolute Gasteiger partial charge is 0.374 e. The quantitative estimate of drug-likeness (QED) is 0.483. The summed E-state index contributed by atoms with van der Waals surface area (Å²) >= 11 is 0. The van der Waals surface area contributed by atoms with Gasteiger partial charge < -0.3 is 14.8 Å². The molecule has 0 unspecified atom stereocenters. The van der Waals surface area contributed by atoms with Crippen molar-refractivity contribution < 1.29 is 14.3 Å². The van der Waals surface area contributed by atoms with Crippen LogP contribution in [0.3, 0.4) is 0 Å². The summed E-state index contributed by atoms with van der Waals surface area (Å²) in [5.41, 5.74) is 2.25. The van der Waals surface area contributed by atoms with Gasteiger partial charge in [-0.3, -0.25) is 4.79 Å². The second kappa shape index (κ2) is 12.6. The lowest BCUT2D eigenvalue weighted by atomic mass is 10.1. The number of rotatable bonds is 11. The van der Waals surface area contributed by atoms with Crippen molar-refractivity contribution in [3.63, 3.8) is 0 Å². The Morgan fingerprint density at radius 2 is 1.69 bits per heavy atom. The molecule has 0 saturated heterocycles. The summed E-state index contributed by atoms with van der Waals surface area (Å²) in [4.78, 5) is 11.4. The van der Waals surface area contributed by atoms with Gasteiger partial charge in [-0.15, -0.1) is 0 Å². The van der Waals surface area contributed by atoms with Crippen LogP contribution < -0.4 is 5.32 Å². The van der Waals surface area contributed by atoms with Crippen molar-refractivity contribution in [2.45, 2.75) is 53.1 Å². The molecule has 1 aromatic carbocycles. The Balaban J connectivity index is 2.19. The van der Waals surface area contributed by atoms with E-state index >= 15 is 0 Å². The van der Waals surface area contributed by atoms with Crippen LogP contribution in [-0.2, 0) is 14.3 Å². The first-order valence-corrected chi connectivity index (χ1v) is 9.43. The van der Waals surface area contributed by atoms with E-state index < -0.39 is 0 Å². The lowest BCUT2D eigenvalue weighted by Gasteiger charge is -2.17. The summed E-state index contributed by atoms with van der Waals surface area (Å²) in [5.74, 6) is 6.30. The Morgan fingerprint density at radius 1 is 1.04 bits per heavy atom. The molecule has 0 fully saturated rings. The Kier molecular flexibility index (Phi) is 10.9. The van der Waals surface area contributed by atoms with Crippen LogP contribution in [0.5, 0.6) is 0 Å². The number of hydrogen-bond acceptors (Lipinski definition) is 4. The first-order valence-electron chi connectivity index (χ1n) is 9.43. The Morgan fingerprint density at radius 3 is 2.31 bits per heavy atom. The molecule has 0 bridgehead atoms. The molecule has 0 aliphatic rings. The van der Waals surface area contributed by atoms with E-state index in [0.717, 1.165) is 12.0 Å². The number of hydrogen-bond donors (Lipinski definition) is 1. The van der Waals surface area contributed by atoms with Crippen molar-refractivity contribution in [1.29, 1.82) is 0 Å². The van der Waals surface area contributed by atoms with Gasteiger partial charge in [-0.05, 0) is 31.0 Å². The molecule has 26 heavy (non-hydrogen) atoms. The number of carbonyl (C=O) groups is 1. The van der Waals surface area contributed by atoms with Gasteiger partial charge in [-0.25, -0.2) is 0 Å². The predicted molar refractivity (Wildman–Crippen MR) is 106 cm³/mol. The van der Waals surface area contributed by atoms with Crippen LogP contribution in [0.1, 0.15) is 58.2 Å². The van der Waals surface area contributed by atoms with Crippen LogP contribution in [0.15, 0.2) is 24.3 Å². The van der Waals surface area contributed by atoms with Crippen LogP contribution in [0.4, 0.5) is 0 Å². The number of ketones is 1. The van der Waals surface area contributed by atoms with Gasteiger partial charge in [0.25, 0.3) is 0 Å². The zero-order valence-electron chi connectivity index (χ0n) is 16.8. The SMILES string of the molecule is CC(C)N[C@H](C)c1ccc(C#CCOCCCOCC(=O)C(C)C)cc1. The molecule has 0 aromatic heterocycles. The summed E-state index contributed by atoms with van der Waals surface area (Å²) in [6.45, 7) is 11.9. The molecule has 144 valence electrons.